The lowest BCUT2D eigenvalue weighted by atomic mass is 9.85. The van der Waals surface area contributed by atoms with Crippen molar-refractivity contribution in [3.63, 3.8) is 0 Å². The summed E-state index contributed by atoms with van der Waals surface area (Å²) >= 11 is 0. The second kappa shape index (κ2) is 5.44. The van der Waals surface area contributed by atoms with Gasteiger partial charge in [-0.3, -0.25) is 19.3 Å². The zero-order valence-corrected chi connectivity index (χ0v) is 13.5. The lowest BCUT2D eigenvalue weighted by Gasteiger charge is -2.24. The Morgan fingerprint density at radius 3 is 2.35 bits per heavy atom. The van der Waals surface area contributed by atoms with Crippen molar-refractivity contribution in [1.29, 1.82) is 0 Å². The zero-order valence-electron chi connectivity index (χ0n) is 13.5. The highest BCUT2D eigenvalue weighted by atomic mass is 16.2. The molecule has 3 fully saturated rings. The molecule has 2 bridgehead atoms. The third-order valence-corrected chi connectivity index (χ3v) is 5.93. The molecule has 0 spiro atoms. The first-order valence-corrected chi connectivity index (χ1v) is 8.56. The Morgan fingerprint density at radius 1 is 1.04 bits per heavy atom. The van der Waals surface area contributed by atoms with Gasteiger partial charge in [-0.05, 0) is 38.3 Å². The number of rotatable bonds is 2. The van der Waals surface area contributed by atoms with E-state index in [9.17, 15) is 14.4 Å². The predicted octanol–water partition coefficient (Wildman–Crippen LogP) is -0.0424. The molecule has 6 heteroatoms. The number of likely N-dealkylation sites (tertiary alicyclic amines) is 1. The van der Waals surface area contributed by atoms with E-state index < -0.39 is 0 Å². The number of amides is 3. The molecule has 2 heterocycles. The molecule has 4 atom stereocenters. The summed E-state index contributed by atoms with van der Waals surface area (Å²) < 4.78 is 0. The monoisotopic (exact) mass is 317 g/mol. The number of allylic oxidation sites excluding steroid dienone is 2. The van der Waals surface area contributed by atoms with Crippen molar-refractivity contribution in [2.24, 2.45) is 23.7 Å². The Kier molecular flexibility index (Phi) is 3.52. The first-order chi connectivity index (χ1) is 11.1. The predicted molar refractivity (Wildman–Crippen MR) is 83.1 cm³/mol. The van der Waals surface area contributed by atoms with Crippen LogP contribution < -0.4 is 0 Å². The van der Waals surface area contributed by atoms with E-state index in [1.807, 2.05) is 7.05 Å². The molecule has 1 saturated carbocycles. The second-order valence-electron chi connectivity index (χ2n) is 7.30. The number of fused-ring (bicyclic) bond motifs is 5. The molecule has 2 saturated heterocycles. The molecule has 2 aliphatic carbocycles. The van der Waals surface area contributed by atoms with Gasteiger partial charge in [-0.25, -0.2) is 0 Å². The molecule has 4 rings (SSSR count). The fourth-order valence-electron chi connectivity index (χ4n) is 4.65. The first kappa shape index (κ1) is 14.9. The SMILES string of the molecule is CN1CCCN(C(=O)CN2C(=O)C3C4C=CC(C4)C3C2=O)CC1. The summed E-state index contributed by atoms with van der Waals surface area (Å²) in [6.45, 7) is 3.12. The van der Waals surface area contributed by atoms with Crippen molar-refractivity contribution >= 4 is 17.7 Å². The Labute approximate surface area is 136 Å². The maximum Gasteiger partial charge on any atom is 0.242 e. The Bertz CT molecular complexity index is 558. The average molecular weight is 317 g/mol. The first-order valence-electron chi connectivity index (χ1n) is 8.56. The van der Waals surface area contributed by atoms with Crippen LogP contribution in [0.4, 0.5) is 0 Å². The molecule has 0 radical (unpaired) electrons. The van der Waals surface area contributed by atoms with Crippen LogP contribution in [0.1, 0.15) is 12.8 Å². The van der Waals surface area contributed by atoms with Crippen molar-refractivity contribution < 1.29 is 14.4 Å². The summed E-state index contributed by atoms with van der Waals surface area (Å²) in [5.41, 5.74) is 0. The second-order valence-corrected chi connectivity index (χ2v) is 7.30. The van der Waals surface area contributed by atoms with Gasteiger partial charge in [0.05, 0.1) is 11.8 Å². The molecule has 4 unspecified atom stereocenters. The number of carbonyl (C=O) groups is 3. The molecule has 4 aliphatic rings. The van der Waals surface area contributed by atoms with Gasteiger partial charge in [0, 0.05) is 19.6 Å². The summed E-state index contributed by atoms with van der Waals surface area (Å²) in [4.78, 5) is 43.0. The summed E-state index contributed by atoms with van der Waals surface area (Å²) in [6.07, 6.45) is 6.01. The molecule has 2 aliphatic heterocycles. The molecular weight excluding hydrogens is 294 g/mol. The number of hydrogen-bond donors (Lipinski definition) is 0. The molecule has 0 aromatic carbocycles. The van der Waals surface area contributed by atoms with Crippen LogP contribution in [0, 0.1) is 23.7 Å². The van der Waals surface area contributed by atoms with Gasteiger partial charge in [0.15, 0.2) is 0 Å². The van der Waals surface area contributed by atoms with Crippen molar-refractivity contribution in [3.05, 3.63) is 12.2 Å². The van der Waals surface area contributed by atoms with E-state index in [1.54, 1.807) is 4.90 Å². The van der Waals surface area contributed by atoms with Gasteiger partial charge in [0.25, 0.3) is 0 Å². The van der Waals surface area contributed by atoms with Crippen LogP contribution in [-0.4, -0.2) is 72.2 Å². The standard InChI is InChI=1S/C17H23N3O3/c1-18-5-2-6-19(8-7-18)13(21)10-20-16(22)14-11-3-4-12(9-11)15(14)17(20)23/h3-4,11-12,14-15H,2,5-10H2,1H3. The van der Waals surface area contributed by atoms with Gasteiger partial charge in [-0.1, -0.05) is 12.2 Å². The van der Waals surface area contributed by atoms with Gasteiger partial charge in [-0.2, -0.15) is 0 Å². The van der Waals surface area contributed by atoms with Crippen molar-refractivity contribution in [2.75, 3.05) is 39.8 Å². The highest BCUT2D eigenvalue weighted by molar-refractivity contribution is 6.08. The average Bonchev–Trinajstić information content (AvgIpc) is 3.15. The summed E-state index contributed by atoms with van der Waals surface area (Å²) in [5.74, 6) is -0.362. The molecule has 0 aromatic rings. The molecule has 6 nitrogen and oxygen atoms in total. The van der Waals surface area contributed by atoms with E-state index in [4.69, 9.17) is 0 Å². The van der Waals surface area contributed by atoms with E-state index in [-0.39, 0.29) is 47.9 Å². The zero-order chi connectivity index (χ0) is 16.1. The highest BCUT2D eigenvalue weighted by Crippen LogP contribution is 2.52. The number of imide groups is 1. The van der Waals surface area contributed by atoms with Crippen LogP contribution in [0.25, 0.3) is 0 Å². The molecular formula is C17H23N3O3. The third kappa shape index (κ3) is 2.31. The largest absolute Gasteiger partial charge is 0.340 e. The van der Waals surface area contributed by atoms with E-state index in [2.05, 4.69) is 17.1 Å². The Morgan fingerprint density at radius 2 is 1.70 bits per heavy atom. The minimum atomic E-state index is -0.208. The quantitative estimate of drug-likeness (QED) is 0.529. The van der Waals surface area contributed by atoms with Crippen LogP contribution in [0.2, 0.25) is 0 Å². The van der Waals surface area contributed by atoms with Gasteiger partial charge in [-0.15, -0.1) is 0 Å². The van der Waals surface area contributed by atoms with Crippen LogP contribution >= 0.6 is 0 Å². The lowest BCUT2D eigenvalue weighted by Crippen LogP contribution is -2.44. The van der Waals surface area contributed by atoms with Crippen molar-refractivity contribution in [1.82, 2.24) is 14.7 Å². The highest BCUT2D eigenvalue weighted by Gasteiger charge is 2.59. The van der Waals surface area contributed by atoms with Crippen molar-refractivity contribution in [3.8, 4) is 0 Å². The smallest absolute Gasteiger partial charge is 0.242 e. The molecule has 0 aromatic heterocycles. The fraction of sp³-hybridized carbons (Fsp3) is 0.706. The molecule has 23 heavy (non-hydrogen) atoms. The van der Waals surface area contributed by atoms with Crippen LogP contribution in [0.5, 0.6) is 0 Å². The van der Waals surface area contributed by atoms with Crippen LogP contribution in [-0.2, 0) is 14.4 Å². The molecule has 3 amide bonds. The summed E-state index contributed by atoms with van der Waals surface area (Å²) in [6, 6.07) is 0. The number of likely N-dealkylation sites (N-methyl/N-ethyl adjacent to an activating group) is 1. The topological polar surface area (TPSA) is 60.9 Å². The third-order valence-electron chi connectivity index (χ3n) is 5.93. The molecule has 0 N–H and O–H groups in total. The normalized spacial score (nSPS) is 36.7. The van der Waals surface area contributed by atoms with E-state index >= 15 is 0 Å². The van der Waals surface area contributed by atoms with Crippen molar-refractivity contribution in [2.45, 2.75) is 12.8 Å². The molecule has 124 valence electrons. The minimum Gasteiger partial charge on any atom is -0.340 e. The number of carbonyl (C=O) groups excluding carboxylic acids is 3. The fourth-order valence-corrected chi connectivity index (χ4v) is 4.65. The lowest BCUT2D eigenvalue weighted by molar-refractivity contribution is -0.147. The minimum absolute atomic E-state index is 0.0756. The van der Waals surface area contributed by atoms with Crippen LogP contribution in [0.15, 0.2) is 12.2 Å². The maximum absolute atomic E-state index is 12.6. The van der Waals surface area contributed by atoms with Gasteiger partial charge in [0.1, 0.15) is 6.54 Å². The number of nitrogens with zero attached hydrogens (tertiary/aromatic N) is 3. The van der Waals surface area contributed by atoms with Crippen LogP contribution in [0.3, 0.4) is 0 Å². The van der Waals surface area contributed by atoms with Gasteiger partial charge in [0.2, 0.25) is 17.7 Å². The maximum atomic E-state index is 12.6. The summed E-state index contributed by atoms with van der Waals surface area (Å²) in [7, 11) is 2.05. The van der Waals surface area contributed by atoms with E-state index in [0.29, 0.717) is 13.1 Å². The Balaban J connectivity index is 1.44. The Hall–Kier alpha value is -1.69. The van der Waals surface area contributed by atoms with E-state index in [1.165, 1.54) is 4.90 Å². The van der Waals surface area contributed by atoms with E-state index in [0.717, 1.165) is 25.9 Å². The summed E-state index contributed by atoms with van der Waals surface area (Å²) in [5, 5.41) is 0. The van der Waals surface area contributed by atoms with Gasteiger partial charge < -0.3 is 9.80 Å². The number of hydrogen-bond acceptors (Lipinski definition) is 4. The van der Waals surface area contributed by atoms with Gasteiger partial charge >= 0.3 is 0 Å².